The molecule has 2 rings (SSSR count). The second-order valence-electron chi connectivity index (χ2n) is 5.77. The van der Waals surface area contributed by atoms with E-state index in [0.717, 1.165) is 51.2 Å². The molecule has 0 amide bonds. The summed E-state index contributed by atoms with van der Waals surface area (Å²) in [6, 6.07) is 0.439. The lowest BCUT2D eigenvalue weighted by Gasteiger charge is -2.35. The monoisotopic (exact) mass is 280 g/mol. The van der Waals surface area contributed by atoms with Gasteiger partial charge in [-0.25, -0.2) is 0 Å². The normalized spacial score (nSPS) is 19.4. The zero-order chi connectivity index (χ0) is 14.5. The minimum atomic E-state index is 0.417. The third-order valence-corrected chi connectivity index (χ3v) is 4.23. The summed E-state index contributed by atoms with van der Waals surface area (Å²) in [5.41, 5.74) is 7.97. The van der Waals surface area contributed by atoms with Crippen LogP contribution < -0.4 is 5.73 Å². The van der Waals surface area contributed by atoms with Crippen LogP contribution >= 0.6 is 0 Å². The van der Waals surface area contributed by atoms with Crippen LogP contribution in [0.4, 0.5) is 0 Å². The van der Waals surface area contributed by atoms with Crippen molar-refractivity contribution < 1.29 is 4.74 Å². The number of nitrogens with zero attached hydrogens (tertiary/aromatic N) is 3. The van der Waals surface area contributed by atoms with Crippen LogP contribution in [0.5, 0.6) is 0 Å². The minimum Gasteiger partial charge on any atom is -0.378 e. The summed E-state index contributed by atoms with van der Waals surface area (Å²) in [7, 11) is 1.99. The Labute approximate surface area is 122 Å². The van der Waals surface area contributed by atoms with Crippen LogP contribution in [0.3, 0.4) is 0 Å². The van der Waals surface area contributed by atoms with Crippen molar-refractivity contribution in [2.75, 3.05) is 26.2 Å². The summed E-state index contributed by atoms with van der Waals surface area (Å²) in [6.07, 6.45) is 5.76. The Morgan fingerprint density at radius 1 is 1.45 bits per heavy atom. The molecule has 0 aliphatic carbocycles. The molecule has 1 aromatic rings. The highest BCUT2D eigenvalue weighted by Crippen LogP contribution is 2.26. The highest BCUT2D eigenvalue weighted by Gasteiger charge is 2.25. The van der Waals surface area contributed by atoms with E-state index in [4.69, 9.17) is 10.5 Å². The van der Waals surface area contributed by atoms with Gasteiger partial charge in [-0.05, 0) is 39.7 Å². The molecule has 0 saturated carbocycles. The van der Waals surface area contributed by atoms with E-state index >= 15 is 0 Å². The van der Waals surface area contributed by atoms with Gasteiger partial charge in [0.1, 0.15) is 0 Å². The smallest absolute Gasteiger partial charge is 0.0641 e. The summed E-state index contributed by atoms with van der Waals surface area (Å²) in [4.78, 5) is 2.53. The van der Waals surface area contributed by atoms with E-state index in [1.807, 2.05) is 11.7 Å². The molecule has 1 fully saturated rings. The van der Waals surface area contributed by atoms with Gasteiger partial charge in [0.25, 0.3) is 0 Å². The van der Waals surface area contributed by atoms with Crippen molar-refractivity contribution in [2.45, 2.75) is 45.3 Å². The molecule has 5 nitrogen and oxygen atoms in total. The first-order valence-corrected chi connectivity index (χ1v) is 7.67. The van der Waals surface area contributed by atoms with Crippen molar-refractivity contribution in [2.24, 2.45) is 12.8 Å². The number of hydrogen-bond acceptors (Lipinski definition) is 4. The molecule has 0 bridgehead atoms. The average Bonchev–Trinajstić information content (AvgIpc) is 2.78. The lowest BCUT2D eigenvalue weighted by Crippen LogP contribution is -2.38. The number of hydrogen-bond donors (Lipinski definition) is 1. The lowest BCUT2D eigenvalue weighted by atomic mass is 10.0. The van der Waals surface area contributed by atoms with E-state index in [9.17, 15) is 0 Å². The number of ether oxygens (including phenoxy) is 1. The first-order valence-electron chi connectivity index (χ1n) is 7.67. The molecule has 0 radical (unpaired) electrons. The fourth-order valence-electron chi connectivity index (χ4n) is 2.99. The summed E-state index contributed by atoms with van der Waals surface area (Å²) < 4.78 is 7.77. The molecule has 1 aromatic heterocycles. The number of piperidine rings is 1. The maximum absolute atomic E-state index is 5.86. The third-order valence-electron chi connectivity index (χ3n) is 4.23. The Hall–Kier alpha value is -0.910. The van der Waals surface area contributed by atoms with Crippen LogP contribution in [-0.4, -0.2) is 47.0 Å². The topological polar surface area (TPSA) is 56.3 Å². The van der Waals surface area contributed by atoms with Gasteiger partial charge < -0.3 is 10.5 Å². The first kappa shape index (κ1) is 15.5. The fraction of sp³-hybridized carbons (Fsp3) is 0.800. The summed E-state index contributed by atoms with van der Waals surface area (Å²) >= 11 is 0. The number of likely N-dealkylation sites (tertiary alicyclic amines) is 1. The van der Waals surface area contributed by atoms with Gasteiger partial charge in [-0.2, -0.15) is 5.10 Å². The molecule has 2 N–H and O–H groups in total. The van der Waals surface area contributed by atoms with Gasteiger partial charge in [0.2, 0.25) is 0 Å². The van der Waals surface area contributed by atoms with Crippen LogP contribution in [0, 0.1) is 6.92 Å². The van der Waals surface area contributed by atoms with E-state index in [2.05, 4.69) is 30.0 Å². The van der Waals surface area contributed by atoms with Gasteiger partial charge >= 0.3 is 0 Å². The van der Waals surface area contributed by atoms with Crippen molar-refractivity contribution >= 4 is 0 Å². The van der Waals surface area contributed by atoms with Gasteiger partial charge in [0.15, 0.2) is 0 Å². The Bertz CT molecular complexity index is 410. The lowest BCUT2D eigenvalue weighted by molar-refractivity contribution is -0.000799. The molecule has 0 aromatic carbocycles. The van der Waals surface area contributed by atoms with Gasteiger partial charge in [-0.1, -0.05) is 0 Å². The maximum atomic E-state index is 5.86. The van der Waals surface area contributed by atoms with Crippen LogP contribution in [-0.2, 0) is 11.8 Å². The van der Waals surface area contributed by atoms with Crippen molar-refractivity contribution in [3.63, 3.8) is 0 Å². The molecule has 1 saturated heterocycles. The van der Waals surface area contributed by atoms with Crippen LogP contribution in [0.1, 0.15) is 43.5 Å². The maximum Gasteiger partial charge on any atom is 0.0641 e. The van der Waals surface area contributed by atoms with Crippen LogP contribution in [0.15, 0.2) is 6.20 Å². The zero-order valence-corrected chi connectivity index (χ0v) is 13.0. The van der Waals surface area contributed by atoms with E-state index in [1.165, 1.54) is 5.56 Å². The van der Waals surface area contributed by atoms with E-state index in [-0.39, 0.29) is 0 Å². The SMILES string of the molecule is Cc1nn(C)cc1C(C)N1CCC(OCCCN)CC1. The molecule has 2 heterocycles. The van der Waals surface area contributed by atoms with Crippen molar-refractivity contribution in [3.05, 3.63) is 17.5 Å². The quantitative estimate of drug-likeness (QED) is 0.805. The second kappa shape index (κ2) is 7.20. The van der Waals surface area contributed by atoms with Gasteiger partial charge in [-0.15, -0.1) is 0 Å². The Kier molecular flexibility index (Phi) is 5.57. The van der Waals surface area contributed by atoms with E-state index < -0.39 is 0 Å². The molecule has 114 valence electrons. The average molecular weight is 280 g/mol. The van der Waals surface area contributed by atoms with Crippen molar-refractivity contribution in [3.8, 4) is 0 Å². The predicted octanol–water partition coefficient (Wildman–Crippen LogP) is 1.62. The van der Waals surface area contributed by atoms with Crippen molar-refractivity contribution in [1.82, 2.24) is 14.7 Å². The summed E-state index contributed by atoms with van der Waals surface area (Å²) in [5.74, 6) is 0. The first-order chi connectivity index (χ1) is 9.61. The molecule has 1 aliphatic rings. The van der Waals surface area contributed by atoms with Crippen molar-refractivity contribution in [1.29, 1.82) is 0 Å². The van der Waals surface area contributed by atoms with Crippen LogP contribution in [0.25, 0.3) is 0 Å². The molecular weight excluding hydrogens is 252 g/mol. The second-order valence-corrected chi connectivity index (χ2v) is 5.77. The number of aryl methyl sites for hydroxylation is 2. The Balaban J connectivity index is 1.82. The molecule has 20 heavy (non-hydrogen) atoms. The predicted molar refractivity (Wildman–Crippen MR) is 80.6 cm³/mol. The third kappa shape index (κ3) is 3.81. The summed E-state index contributed by atoms with van der Waals surface area (Å²) in [6.45, 7) is 8.09. The van der Waals surface area contributed by atoms with E-state index in [1.54, 1.807) is 0 Å². The van der Waals surface area contributed by atoms with Gasteiger partial charge in [0.05, 0.1) is 11.8 Å². The highest BCUT2D eigenvalue weighted by molar-refractivity contribution is 5.19. The molecule has 0 spiro atoms. The molecule has 1 aliphatic heterocycles. The number of rotatable bonds is 6. The summed E-state index contributed by atoms with van der Waals surface area (Å²) in [5, 5.41) is 4.45. The van der Waals surface area contributed by atoms with E-state index in [0.29, 0.717) is 12.1 Å². The minimum absolute atomic E-state index is 0.417. The Morgan fingerprint density at radius 2 is 2.15 bits per heavy atom. The van der Waals surface area contributed by atoms with Crippen LogP contribution in [0.2, 0.25) is 0 Å². The van der Waals surface area contributed by atoms with Gasteiger partial charge in [0, 0.05) is 44.5 Å². The highest BCUT2D eigenvalue weighted by atomic mass is 16.5. The number of nitrogens with two attached hydrogens (primary N) is 1. The standard InChI is InChI=1S/C15H28N4O/c1-12-15(11-18(3)17-12)13(2)19-8-5-14(6-9-19)20-10-4-7-16/h11,13-14H,4-10,16H2,1-3H3. The Morgan fingerprint density at radius 3 is 2.70 bits per heavy atom. The molecule has 1 unspecified atom stereocenters. The molecule has 5 heteroatoms. The molecule has 1 atom stereocenters. The zero-order valence-electron chi connectivity index (χ0n) is 13.0. The molecular formula is C15H28N4O. The fourth-order valence-corrected chi connectivity index (χ4v) is 2.99. The largest absolute Gasteiger partial charge is 0.378 e. The van der Waals surface area contributed by atoms with Gasteiger partial charge in [-0.3, -0.25) is 9.58 Å². The number of aromatic nitrogens is 2.